The maximum atomic E-state index is 6.61. The summed E-state index contributed by atoms with van der Waals surface area (Å²) in [4.78, 5) is 14.3. The molecule has 9 rings (SSSR count). The smallest absolute Gasteiger partial charge is 0.144 e. The van der Waals surface area contributed by atoms with Crippen LogP contribution in [0.3, 0.4) is 0 Å². The van der Waals surface area contributed by atoms with Gasteiger partial charge in [-0.3, -0.25) is 4.98 Å². The van der Waals surface area contributed by atoms with Crippen LogP contribution >= 0.6 is 0 Å². The number of nitrogens with one attached hydrogen (secondary N) is 1. The maximum Gasteiger partial charge on any atom is 0.144 e. The van der Waals surface area contributed by atoms with Gasteiger partial charge in [-0.05, 0) is 86.5 Å². The predicted molar refractivity (Wildman–Crippen MR) is 237 cm³/mol. The molecule has 0 radical (unpaired) electrons. The molecule has 4 aromatic heterocycles. The average molecular weight is 732 g/mol. The van der Waals surface area contributed by atoms with Crippen LogP contribution in [0.4, 0.5) is 0 Å². The molecule has 0 unspecified atom stereocenters. The van der Waals surface area contributed by atoms with Crippen LogP contribution < -0.4 is 0 Å². The van der Waals surface area contributed by atoms with Crippen molar-refractivity contribution in [3.8, 4) is 44.9 Å². The van der Waals surface area contributed by atoms with Crippen LogP contribution in [-0.4, -0.2) is 15.0 Å². The fourth-order valence-corrected chi connectivity index (χ4v) is 7.89. The van der Waals surface area contributed by atoms with Gasteiger partial charge in [0.15, 0.2) is 0 Å². The average Bonchev–Trinajstić information content (AvgIpc) is 3.75. The van der Waals surface area contributed by atoms with Crippen LogP contribution in [0.25, 0.3) is 88.6 Å². The van der Waals surface area contributed by atoms with E-state index in [0.29, 0.717) is 0 Å². The summed E-state index contributed by atoms with van der Waals surface area (Å²) < 4.78 is 6.61. The third kappa shape index (κ3) is 6.27. The number of rotatable bonds is 4. The quantitative estimate of drug-likeness (QED) is 0.196. The molecule has 9 aromatic rings. The van der Waals surface area contributed by atoms with E-state index in [1.165, 1.54) is 33.0 Å². The largest absolute Gasteiger partial charge is 0.455 e. The third-order valence-electron chi connectivity index (χ3n) is 11.3. The molecule has 4 nitrogen and oxygen atoms in total. The minimum absolute atomic E-state index is 0.00614. The van der Waals surface area contributed by atoms with Gasteiger partial charge in [-0.1, -0.05) is 141 Å². The molecule has 0 bridgehead atoms. The van der Waals surface area contributed by atoms with Gasteiger partial charge in [0.1, 0.15) is 11.2 Å². The molecule has 0 saturated heterocycles. The fraction of sp³-hybridized carbons (Fsp3) is 0.231. The van der Waals surface area contributed by atoms with Crippen molar-refractivity contribution >= 4 is 43.7 Å². The Balaban J connectivity index is 1.34. The van der Waals surface area contributed by atoms with Crippen molar-refractivity contribution in [1.29, 1.82) is 0 Å². The van der Waals surface area contributed by atoms with E-state index in [9.17, 15) is 0 Å². The molecule has 0 spiro atoms. The van der Waals surface area contributed by atoms with Crippen molar-refractivity contribution in [2.45, 2.75) is 78.6 Å². The molecule has 4 heteroatoms. The first kappa shape index (κ1) is 35.7. The number of para-hydroxylation sites is 3. The molecule has 4 heterocycles. The normalized spacial score (nSPS) is 12.7. The van der Waals surface area contributed by atoms with E-state index >= 15 is 0 Å². The predicted octanol–water partition coefficient (Wildman–Crippen LogP) is 14.6. The van der Waals surface area contributed by atoms with Gasteiger partial charge in [-0.25, -0.2) is 4.98 Å². The standard InChI is InChI=1S/C52H49N3O/c1-50(2,3)34-21-22-43(53-30-34)42-26-33(25-41-38-16-11-13-20-47(38)56-49(41)42)45-27-32(31-23-35(51(4,5)6)29-36(24-31)52(7,8)9)28-46(54-45)40-18-14-17-39-37-15-10-12-19-44(37)55-48(39)40/h10-30,55H,1-9H3. The van der Waals surface area contributed by atoms with Crippen LogP contribution in [0, 0.1) is 0 Å². The van der Waals surface area contributed by atoms with Gasteiger partial charge in [0.2, 0.25) is 0 Å². The van der Waals surface area contributed by atoms with E-state index < -0.39 is 0 Å². The van der Waals surface area contributed by atoms with Crippen LogP contribution in [0.5, 0.6) is 0 Å². The van der Waals surface area contributed by atoms with Crippen LogP contribution in [0.15, 0.2) is 132 Å². The van der Waals surface area contributed by atoms with Gasteiger partial charge < -0.3 is 9.40 Å². The molecule has 0 aliphatic carbocycles. The number of H-pyrrole nitrogens is 1. The van der Waals surface area contributed by atoms with E-state index in [-0.39, 0.29) is 16.2 Å². The van der Waals surface area contributed by atoms with Crippen molar-refractivity contribution in [3.63, 3.8) is 0 Å². The number of hydrogen-bond acceptors (Lipinski definition) is 3. The van der Waals surface area contributed by atoms with Crippen LogP contribution in [-0.2, 0) is 16.2 Å². The van der Waals surface area contributed by atoms with E-state index in [0.717, 1.165) is 72.3 Å². The molecule has 0 aliphatic heterocycles. The molecule has 278 valence electrons. The molecule has 1 N–H and O–H groups in total. The lowest BCUT2D eigenvalue weighted by Crippen LogP contribution is -2.16. The summed E-state index contributed by atoms with van der Waals surface area (Å²) in [6.45, 7) is 20.4. The Bertz CT molecular complexity index is 2920. The first-order chi connectivity index (χ1) is 26.6. The molecule has 0 atom stereocenters. The number of furan rings is 1. The number of fused-ring (bicyclic) bond motifs is 6. The van der Waals surface area contributed by atoms with Gasteiger partial charge >= 0.3 is 0 Å². The van der Waals surface area contributed by atoms with Gasteiger partial charge in [-0.15, -0.1) is 0 Å². The Hall–Kier alpha value is -6.00. The van der Waals surface area contributed by atoms with E-state index in [1.807, 2.05) is 18.3 Å². The monoisotopic (exact) mass is 731 g/mol. The second kappa shape index (κ2) is 12.8. The number of pyridine rings is 2. The lowest BCUT2D eigenvalue weighted by atomic mass is 9.79. The highest BCUT2D eigenvalue weighted by atomic mass is 16.3. The van der Waals surface area contributed by atoms with E-state index in [2.05, 4.69) is 176 Å². The Morgan fingerprint density at radius 3 is 1.80 bits per heavy atom. The van der Waals surface area contributed by atoms with Crippen molar-refractivity contribution in [2.24, 2.45) is 0 Å². The number of aromatic nitrogens is 3. The van der Waals surface area contributed by atoms with Gasteiger partial charge in [0, 0.05) is 49.9 Å². The van der Waals surface area contributed by atoms with E-state index in [1.54, 1.807) is 0 Å². The highest BCUT2D eigenvalue weighted by molar-refractivity contribution is 6.13. The second-order valence-electron chi connectivity index (χ2n) is 18.5. The molecule has 0 saturated carbocycles. The number of aromatic amines is 1. The van der Waals surface area contributed by atoms with Gasteiger partial charge in [-0.2, -0.15) is 0 Å². The summed E-state index contributed by atoms with van der Waals surface area (Å²) in [7, 11) is 0. The maximum absolute atomic E-state index is 6.61. The topological polar surface area (TPSA) is 54.7 Å². The summed E-state index contributed by atoms with van der Waals surface area (Å²) in [5.41, 5.74) is 15.7. The number of hydrogen-bond donors (Lipinski definition) is 1. The zero-order valence-electron chi connectivity index (χ0n) is 33.9. The zero-order chi connectivity index (χ0) is 39.1. The molecular formula is C52H49N3O. The van der Waals surface area contributed by atoms with Crippen molar-refractivity contribution < 1.29 is 4.42 Å². The molecule has 56 heavy (non-hydrogen) atoms. The van der Waals surface area contributed by atoms with Gasteiger partial charge in [0.25, 0.3) is 0 Å². The number of nitrogens with zero attached hydrogens (tertiary/aromatic N) is 2. The lowest BCUT2D eigenvalue weighted by Gasteiger charge is -2.26. The Morgan fingerprint density at radius 1 is 0.464 bits per heavy atom. The van der Waals surface area contributed by atoms with Gasteiger partial charge in [0.05, 0.1) is 22.6 Å². The molecule has 0 amide bonds. The SMILES string of the molecule is CC(C)(C)c1ccc(-c2cc(-c3cc(-c4cc(C(C)(C)C)cc(C(C)(C)C)c4)cc(-c4cccc5c4[nH]c4ccccc45)n3)cc3c2oc2ccccc23)nc1. The number of benzene rings is 5. The lowest BCUT2D eigenvalue weighted by molar-refractivity contribution is 0.569. The van der Waals surface area contributed by atoms with Crippen LogP contribution in [0.1, 0.15) is 79.0 Å². The van der Waals surface area contributed by atoms with Crippen molar-refractivity contribution in [1.82, 2.24) is 15.0 Å². The van der Waals surface area contributed by atoms with Crippen molar-refractivity contribution in [2.75, 3.05) is 0 Å². The Morgan fingerprint density at radius 2 is 1.11 bits per heavy atom. The van der Waals surface area contributed by atoms with Crippen LogP contribution in [0.2, 0.25) is 0 Å². The summed E-state index contributed by atoms with van der Waals surface area (Å²) in [5.74, 6) is 0. The third-order valence-corrected chi connectivity index (χ3v) is 11.3. The molecule has 0 aliphatic rings. The Kier molecular flexibility index (Phi) is 8.14. The minimum atomic E-state index is -0.0253. The fourth-order valence-electron chi connectivity index (χ4n) is 7.89. The van der Waals surface area contributed by atoms with Crippen molar-refractivity contribution in [3.05, 3.63) is 144 Å². The Labute approximate surface area is 329 Å². The zero-order valence-corrected chi connectivity index (χ0v) is 33.9. The summed E-state index contributed by atoms with van der Waals surface area (Å²) in [5, 5.41) is 4.52. The highest BCUT2D eigenvalue weighted by Gasteiger charge is 2.23. The highest BCUT2D eigenvalue weighted by Crippen LogP contribution is 2.42. The molecule has 5 aromatic carbocycles. The summed E-state index contributed by atoms with van der Waals surface area (Å²) >= 11 is 0. The summed E-state index contributed by atoms with van der Waals surface area (Å²) in [6, 6.07) is 43.8. The molecule has 0 fully saturated rings. The first-order valence-corrected chi connectivity index (χ1v) is 19.7. The molecular weight excluding hydrogens is 683 g/mol. The second-order valence-corrected chi connectivity index (χ2v) is 18.5. The van der Waals surface area contributed by atoms with E-state index in [4.69, 9.17) is 14.4 Å². The minimum Gasteiger partial charge on any atom is -0.455 e. The first-order valence-electron chi connectivity index (χ1n) is 19.7. The summed E-state index contributed by atoms with van der Waals surface area (Å²) in [6.07, 6.45) is 2.00.